The Hall–Kier alpha value is -1.17. The van der Waals surface area contributed by atoms with Crippen LogP contribution >= 0.6 is 12.2 Å². The number of nitrogens with one attached hydrogen (secondary N) is 2. The molecule has 0 aliphatic carbocycles. The van der Waals surface area contributed by atoms with Crippen molar-refractivity contribution in [2.24, 2.45) is 0 Å². The van der Waals surface area contributed by atoms with Crippen LogP contribution in [0, 0.1) is 0 Å². The molecule has 2 aliphatic rings. The first-order valence-electron chi connectivity index (χ1n) is 9.23. The Kier molecular flexibility index (Phi) is 6.46. The van der Waals surface area contributed by atoms with Crippen LogP contribution in [0.15, 0.2) is 24.3 Å². The molecule has 0 saturated carbocycles. The van der Waals surface area contributed by atoms with E-state index in [0.29, 0.717) is 6.04 Å². The summed E-state index contributed by atoms with van der Waals surface area (Å²) < 4.78 is 5.48. The maximum absolute atomic E-state index is 5.53. The molecule has 0 spiro atoms. The van der Waals surface area contributed by atoms with Gasteiger partial charge in [-0.1, -0.05) is 25.1 Å². The number of para-hydroxylation sites is 1. The van der Waals surface area contributed by atoms with Gasteiger partial charge in [0.05, 0.1) is 0 Å². The summed E-state index contributed by atoms with van der Waals surface area (Å²) in [4.78, 5) is 2.64. The van der Waals surface area contributed by atoms with Crippen LogP contribution in [0.2, 0.25) is 0 Å². The lowest BCUT2D eigenvalue weighted by atomic mass is 10.00. The third-order valence-electron chi connectivity index (χ3n) is 5.22. The number of piperidine rings is 1. The maximum Gasteiger partial charge on any atom is 0.171 e. The molecule has 5 heteroatoms. The van der Waals surface area contributed by atoms with Crippen molar-refractivity contribution in [3.63, 3.8) is 0 Å². The largest absolute Gasteiger partial charge is 0.381 e. The topological polar surface area (TPSA) is 36.5 Å². The van der Waals surface area contributed by atoms with Gasteiger partial charge in [-0.05, 0) is 56.0 Å². The van der Waals surface area contributed by atoms with E-state index in [1.165, 1.54) is 18.4 Å². The van der Waals surface area contributed by atoms with E-state index in [0.717, 1.165) is 62.4 Å². The molecule has 2 fully saturated rings. The lowest BCUT2D eigenvalue weighted by Gasteiger charge is -2.39. The van der Waals surface area contributed by atoms with Crippen molar-refractivity contribution in [1.82, 2.24) is 10.2 Å². The Morgan fingerprint density at radius 3 is 2.58 bits per heavy atom. The Labute approximate surface area is 150 Å². The third-order valence-corrected chi connectivity index (χ3v) is 5.44. The number of nitrogens with zero attached hydrogens (tertiary/aromatic N) is 1. The number of anilines is 1. The molecule has 0 amide bonds. The van der Waals surface area contributed by atoms with Gasteiger partial charge < -0.3 is 20.3 Å². The molecule has 4 nitrogen and oxygen atoms in total. The van der Waals surface area contributed by atoms with Gasteiger partial charge in [-0.25, -0.2) is 0 Å². The van der Waals surface area contributed by atoms with Crippen LogP contribution in [0.4, 0.5) is 5.69 Å². The highest BCUT2D eigenvalue weighted by atomic mass is 32.1. The van der Waals surface area contributed by atoms with Crippen LogP contribution in [0.5, 0.6) is 0 Å². The van der Waals surface area contributed by atoms with E-state index in [4.69, 9.17) is 17.0 Å². The Bertz CT molecular complexity index is 537. The zero-order chi connectivity index (χ0) is 16.8. The number of rotatable bonds is 4. The summed E-state index contributed by atoms with van der Waals surface area (Å²) in [6.07, 6.45) is 5.70. The molecule has 0 unspecified atom stereocenters. The average molecular weight is 348 g/mol. The van der Waals surface area contributed by atoms with Gasteiger partial charge in [0.1, 0.15) is 0 Å². The number of benzene rings is 1. The average Bonchev–Trinajstić information content (AvgIpc) is 2.63. The van der Waals surface area contributed by atoms with Crippen LogP contribution in [0.3, 0.4) is 0 Å². The summed E-state index contributed by atoms with van der Waals surface area (Å²) in [5.41, 5.74) is 2.42. The first kappa shape index (κ1) is 17.6. The van der Waals surface area contributed by atoms with E-state index in [-0.39, 0.29) is 0 Å². The van der Waals surface area contributed by atoms with Gasteiger partial charge in [0, 0.05) is 44.1 Å². The number of ether oxygens (including phenoxy) is 1. The second-order valence-corrected chi connectivity index (χ2v) is 7.17. The van der Waals surface area contributed by atoms with Crippen LogP contribution < -0.4 is 10.6 Å². The number of aryl methyl sites for hydroxylation is 1. The highest BCUT2D eigenvalue weighted by molar-refractivity contribution is 7.80. The van der Waals surface area contributed by atoms with Crippen LogP contribution in [0.25, 0.3) is 0 Å². The van der Waals surface area contributed by atoms with Crippen molar-refractivity contribution in [3.8, 4) is 0 Å². The zero-order valence-corrected chi connectivity index (χ0v) is 15.4. The Balaban J connectivity index is 1.44. The maximum atomic E-state index is 5.53. The summed E-state index contributed by atoms with van der Waals surface area (Å²) in [5, 5.41) is 7.64. The van der Waals surface area contributed by atoms with Crippen molar-refractivity contribution in [2.45, 2.75) is 51.1 Å². The molecule has 2 heterocycles. The van der Waals surface area contributed by atoms with E-state index in [1.807, 2.05) is 0 Å². The molecule has 0 aromatic heterocycles. The van der Waals surface area contributed by atoms with Gasteiger partial charge in [-0.2, -0.15) is 0 Å². The number of likely N-dealkylation sites (tertiary alicyclic amines) is 1. The lowest BCUT2D eigenvalue weighted by molar-refractivity contribution is 0.0247. The van der Waals surface area contributed by atoms with Crippen LogP contribution in [-0.4, -0.2) is 48.4 Å². The normalized spacial score (nSPS) is 20.7. The first-order chi connectivity index (χ1) is 11.8. The van der Waals surface area contributed by atoms with Crippen molar-refractivity contribution in [2.75, 3.05) is 31.6 Å². The predicted octanol–water partition coefficient (Wildman–Crippen LogP) is 3.18. The number of hydrogen-bond donors (Lipinski definition) is 2. The smallest absolute Gasteiger partial charge is 0.171 e. The van der Waals surface area contributed by atoms with Crippen molar-refractivity contribution < 1.29 is 4.74 Å². The van der Waals surface area contributed by atoms with Crippen LogP contribution in [-0.2, 0) is 11.2 Å². The molecule has 2 saturated heterocycles. The second-order valence-electron chi connectivity index (χ2n) is 6.76. The standard InChI is InChI=1S/C19H29N3OS/c1-2-15-5-3-4-6-18(15)21-19(24)20-16-7-11-22(12-8-16)17-9-13-23-14-10-17/h3-6,16-17H,2,7-14H2,1H3,(H2,20,21,24). The number of thiocarbonyl (C=S) groups is 1. The van der Waals surface area contributed by atoms with Crippen molar-refractivity contribution >= 4 is 23.0 Å². The number of hydrogen-bond acceptors (Lipinski definition) is 3. The van der Waals surface area contributed by atoms with Crippen LogP contribution in [0.1, 0.15) is 38.2 Å². The van der Waals surface area contributed by atoms with Crippen molar-refractivity contribution in [3.05, 3.63) is 29.8 Å². The third kappa shape index (κ3) is 4.68. The molecular formula is C19H29N3OS. The Morgan fingerprint density at radius 1 is 1.17 bits per heavy atom. The summed E-state index contributed by atoms with van der Waals surface area (Å²) in [7, 11) is 0. The highest BCUT2D eigenvalue weighted by Gasteiger charge is 2.26. The molecule has 24 heavy (non-hydrogen) atoms. The fraction of sp³-hybridized carbons (Fsp3) is 0.632. The molecular weight excluding hydrogens is 318 g/mol. The predicted molar refractivity (Wildman–Crippen MR) is 104 cm³/mol. The fourth-order valence-corrected chi connectivity index (χ4v) is 4.03. The minimum atomic E-state index is 0.481. The van der Waals surface area contributed by atoms with E-state index in [2.05, 4.69) is 46.7 Å². The summed E-state index contributed by atoms with van der Waals surface area (Å²) in [5.74, 6) is 0. The minimum Gasteiger partial charge on any atom is -0.381 e. The molecule has 0 bridgehead atoms. The highest BCUT2D eigenvalue weighted by Crippen LogP contribution is 2.20. The Morgan fingerprint density at radius 2 is 1.88 bits per heavy atom. The van der Waals surface area contributed by atoms with E-state index >= 15 is 0 Å². The van der Waals surface area contributed by atoms with Gasteiger partial charge in [0.25, 0.3) is 0 Å². The molecule has 1 aromatic carbocycles. The minimum absolute atomic E-state index is 0.481. The van der Waals surface area contributed by atoms with E-state index in [1.54, 1.807) is 0 Å². The molecule has 0 radical (unpaired) electrons. The molecule has 0 atom stereocenters. The lowest BCUT2D eigenvalue weighted by Crippen LogP contribution is -2.49. The van der Waals surface area contributed by atoms with E-state index < -0.39 is 0 Å². The van der Waals surface area contributed by atoms with E-state index in [9.17, 15) is 0 Å². The monoisotopic (exact) mass is 347 g/mol. The molecule has 132 valence electrons. The molecule has 3 rings (SSSR count). The van der Waals surface area contributed by atoms with Gasteiger partial charge >= 0.3 is 0 Å². The summed E-state index contributed by atoms with van der Waals surface area (Å²) in [6, 6.07) is 9.58. The fourth-order valence-electron chi connectivity index (χ4n) is 3.75. The molecule has 2 aliphatic heterocycles. The van der Waals surface area contributed by atoms with Gasteiger partial charge in [0.15, 0.2) is 5.11 Å². The van der Waals surface area contributed by atoms with Gasteiger partial charge in [-0.3, -0.25) is 0 Å². The zero-order valence-electron chi connectivity index (χ0n) is 14.6. The molecule has 1 aromatic rings. The first-order valence-corrected chi connectivity index (χ1v) is 9.64. The van der Waals surface area contributed by atoms with Gasteiger partial charge in [0.2, 0.25) is 0 Å². The SMILES string of the molecule is CCc1ccccc1NC(=S)NC1CCN(C2CCOCC2)CC1. The van der Waals surface area contributed by atoms with Gasteiger partial charge in [-0.15, -0.1) is 0 Å². The summed E-state index contributed by atoms with van der Waals surface area (Å²) >= 11 is 5.53. The second kappa shape index (κ2) is 8.79. The molecule has 2 N–H and O–H groups in total. The quantitative estimate of drug-likeness (QED) is 0.818. The van der Waals surface area contributed by atoms with Crippen molar-refractivity contribution in [1.29, 1.82) is 0 Å². The summed E-state index contributed by atoms with van der Waals surface area (Å²) in [6.45, 7) is 6.34.